The van der Waals surface area contributed by atoms with Crippen LogP contribution in [0.25, 0.3) is 0 Å². The van der Waals surface area contributed by atoms with Crippen molar-refractivity contribution in [1.82, 2.24) is 5.32 Å². The Labute approximate surface area is 126 Å². The maximum Gasteiger partial charge on any atom is 0.313 e. The van der Waals surface area contributed by atoms with Crippen LogP contribution in [0.5, 0.6) is 0 Å². The summed E-state index contributed by atoms with van der Waals surface area (Å²) in [7, 11) is 0. The fourth-order valence-corrected chi connectivity index (χ4v) is 2.91. The summed E-state index contributed by atoms with van der Waals surface area (Å²) in [5.41, 5.74) is 2.80. The number of carbonyl (C=O) groups is 2. The standard InChI is InChI=1S/C17H24N2O2/c1-12-9-13(2)11-15(10-12)19-17(21)16(20)18-14-7-5-3-4-6-8-14/h9-11,14H,3-8H2,1-2H3,(H,18,20)(H,19,21). The van der Waals surface area contributed by atoms with Crippen LogP contribution in [-0.2, 0) is 9.59 Å². The van der Waals surface area contributed by atoms with Crippen molar-refractivity contribution in [2.45, 2.75) is 58.4 Å². The summed E-state index contributed by atoms with van der Waals surface area (Å²) in [6, 6.07) is 5.90. The highest BCUT2D eigenvalue weighted by atomic mass is 16.2. The smallest absolute Gasteiger partial charge is 0.313 e. The fourth-order valence-electron chi connectivity index (χ4n) is 2.91. The Morgan fingerprint density at radius 2 is 1.48 bits per heavy atom. The van der Waals surface area contributed by atoms with E-state index >= 15 is 0 Å². The minimum absolute atomic E-state index is 0.144. The second-order valence-electron chi connectivity index (χ2n) is 5.99. The van der Waals surface area contributed by atoms with Crippen molar-refractivity contribution in [3.05, 3.63) is 29.3 Å². The summed E-state index contributed by atoms with van der Waals surface area (Å²) in [6.07, 6.45) is 6.65. The molecule has 0 atom stereocenters. The highest BCUT2D eigenvalue weighted by molar-refractivity contribution is 6.39. The van der Waals surface area contributed by atoms with Crippen molar-refractivity contribution in [1.29, 1.82) is 0 Å². The average Bonchev–Trinajstić information content (AvgIpc) is 2.66. The quantitative estimate of drug-likeness (QED) is 0.649. The fraction of sp³-hybridized carbons (Fsp3) is 0.529. The molecule has 0 radical (unpaired) electrons. The van der Waals surface area contributed by atoms with Crippen LogP contribution in [0.2, 0.25) is 0 Å². The maximum atomic E-state index is 12.0. The van der Waals surface area contributed by atoms with Crippen LogP contribution in [0.3, 0.4) is 0 Å². The number of rotatable bonds is 2. The molecule has 1 aromatic carbocycles. The van der Waals surface area contributed by atoms with Crippen LogP contribution in [0.1, 0.15) is 49.7 Å². The van der Waals surface area contributed by atoms with Crippen LogP contribution in [-0.4, -0.2) is 17.9 Å². The van der Waals surface area contributed by atoms with E-state index in [4.69, 9.17) is 0 Å². The predicted octanol–water partition coefficient (Wildman–Crippen LogP) is 3.08. The van der Waals surface area contributed by atoms with Crippen molar-refractivity contribution in [3.63, 3.8) is 0 Å². The third-order valence-corrected chi connectivity index (χ3v) is 3.88. The molecule has 2 amide bonds. The van der Waals surface area contributed by atoms with Gasteiger partial charge in [-0.25, -0.2) is 0 Å². The number of anilines is 1. The minimum atomic E-state index is -0.579. The minimum Gasteiger partial charge on any atom is -0.345 e. The lowest BCUT2D eigenvalue weighted by atomic mass is 10.1. The van der Waals surface area contributed by atoms with Gasteiger partial charge in [0, 0.05) is 11.7 Å². The highest BCUT2D eigenvalue weighted by Gasteiger charge is 2.19. The van der Waals surface area contributed by atoms with Gasteiger partial charge in [0.05, 0.1) is 0 Å². The van der Waals surface area contributed by atoms with Gasteiger partial charge in [0.15, 0.2) is 0 Å². The van der Waals surface area contributed by atoms with Gasteiger partial charge in [-0.3, -0.25) is 9.59 Å². The Balaban J connectivity index is 1.91. The SMILES string of the molecule is Cc1cc(C)cc(NC(=O)C(=O)NC2CCCCCC2)c1. The molecule has 0 unspecified atom stereocenters. The van der Waals surface area contributed by atoms with Crippen LogP contribution in [0, 0.1) is 13.8 Å². The Bertz CT molecular complexity index is 497. The first-order chi connectivity index (χ1) is 10.0. The van der Waals surface area contributed by atoms with E-state index in [2.05, 4.69) is 10.6 Å². The Morgan fingerprint density at radius 1 is 0.905 bits per heavy atom. The van der Waals surface area contributed by atoms with Gasteiger partial charge in [0.1, 0.15) is 0 Å². The lowest BCUT2D eigenvalue weighted by Crippen LogP contribution is -2.41. The van der Waals surface area contributed by atoms with Gasteiger partial charge in [-0.2, -0.15) is 0 Å². The first-order valence-corrected chi connectivity index (χ1v) is 7.75. The second-order valence-corrected chi connectivity index (χ2v) is 5.99. The molecular weight excluding hydrogens is 264 g/mol. The summed E-state index contributed by atoms with van der Waals surface area (Å²) in [5.74, 6) is -1.11. The molecule has 21 heavy (non-hydrogen) atoms. The van der Waals surface area contributed by atoms with E-state index < -0.39 is 11.8 Å². The molecule has 0 aromatic heterocycles. The molecule has 1 aliphatic carbocycles. The van der Waals surface area contributed by atoms with Gasteiger partial charge in [0.2, 0.25) is 0 Å². The molecule has 0 heterocycles. The van der Waals surface area contributed by atoms with E-state index in [0.29, 0.717) is 5.69 Å². The van der Waals surface area contributed by atoms with Crippen molar-refractivity contribution >= 4 is 17.5 Å². The molecule has 2 N–H and O–H groups in total. The number of nitrogens with one attached hydrogen (secondary N) is 2. The summed E-state index contributed by atoms with van der Waals surface area (Å²) < 4.78 is 0. The number of amides is 2. The van der Waals surface area contributed by atoms with Crippen molar-refractivity contribution in [3.8, 4) is 0 Å². The van der Waals surface area contributed by atoms with Gasteiger partial charge in [-0.1, -0.05) is 31.7 Å². The zero-order chi connectivity index (χ0) is 15.2. The van der Waals surface area contributed by atoms with Crippen LogP contribution in [0.4, 0.5) is 5.69 Å². The highest BCUT2D eigenvalue weighted by Crippen LogP contribution is 2.17. The molecule has 1 fully saturated rings. The first-order valence-electron chi connectivity index (χ1n) is 7.75. The molecule has 2 rings (SSSR count). The third kappa shape index (κ3) is 4.88. The van der Waals surface area contributed by atoms with E-state index in [0.717, 1.165) is 36.8 Å². The van der Waals surface area contributed by atoms with Crippen molar-refractivity contribution in [2.75, 3.05) is 5.32 Å². The molecular formula is C17H24N2O2. The molecule has 0 aliphatic heterocycles. The third-order valence-electron chi connectivity index (χ3n) is 3.88. The lowest BCUT2D eigenvalue weighted by Gasteiger charge is -2.16. The van der Waals surface area contributed by atoms with E-state index in [1.54, 1.807) is 0 Å². The van der Waals surface area contributed by atoms with Crippen LogP contribution in [0.15, 0.2) is 18.2 Å². The molecule has 1 aromatic rings. The molecule has 0 bridgehead atoms. The molecule has 4 heteroatoms. The van der Waals surface area contributed by atoms with Gasteiger partial charge < -0.3 is 10.6 Å². The van der Waals surface area contributed by atoms with Gasteiger partial charge in [-0.15, -0.1) is 0 Å². The predicted molar refractivity (Wildman–Crippen MR) is 84.2 cm³/mol. The Hall–Kier alpha value is -1.84. The van der Waals surface area contributed by atoms with Crippen molar-refractivity contribution in [2.24, 2.45) is 0 Å². The molecule has 114 valence electrons. The molecule has 1 aliphatic rings. The Kier molecular flexibility index (Phi) is 5.37. The summed E-state index contributed by atoms with van der Waals surface area (Å²) >= 11 is 0. The summed E-state index contributed by atoms with van der Waals surface area (Å²) in [5, 5.41) is 5.53. The van der Waals surface area contributed by atoms with E-state index in [1.807, 2.05) is 32.0 Å². The van der Waals surface area contributed by atoms with Crippen molar-refractivity contribution < 1.29 is 9.59 Å². The number of carbonyl (C=O) groups excluding carboxylic acids is 2. The molecule has 1 saturated carbocycles. The monoisotopic (exact) mass is 288 g/mol. The normalized spacial score (nSPS) is 16.1. The van der Waals surface area contributed by atoms with E-state index in [9.17, 15) is 9.59 Å². The number of benzene rings is 1. The lowest BCUT2D eigenvalue weighted by molar-refractivity contribution is -0.136. The molecule has 0 spiro atoms. The van der Waals surface area contributed by atoms with Gasteiger partial charge in [-0.05, 0) is 49.9 Å². The summed E-state index contributed by atoms with van der Waals surface area (Å²) in [6.45, 7) is 3.93. The maximum absolute atomic E-state index is 12.0. The molecule has 0 saturated heterocycles. The zero-order valence-electron chi connectivity index (χ0n) is 12.9. The zero-order valence-corrected chi connectivity index (χ0v) is 12.9. The number of hydrogen-bond acceptors (Lipinski definition) is 2. The van der Waals surface area contributed by atoms with Gasteiger partial charge >= 0.3 is 11.8 Å². The number of aryl methyl sites for hydroxylation is 2. The summed E-state index contributed by atoms with van der Waals surface area (Å²) in [4.78, 5) is 23.9. The van der Waals surface area contributed by atoms with Crippen LogP contribution < -0.4 is 10.6 Å². The number of hydrogen-bond donors (Lipinski definition) is 2. The first kappa shape index (κ1) is 15.5. The largest absolute Gasteiger partial charge is 0.345 e. The average molecular weight is 288 g/mol. The van der Waals surface area contributed by atoms with Gasteiger partial charge in [0.25, 0.3) is 0 Å². The van der Waals surface area contributed by atoms with E-state index in [1.165, 1.54) is 12.8 Å². The second kappa shape index (κ2) is 7.25. The Morgan fingerprint density at radius 3 is 2.05 bits per heavy atom. The topological polar surface area (TPSA) is 58.2 Å². The van der Waals surface area contributed by atoms with Crippen LogP contribution >= 0.6 is 0 Å². The molecule has 4 nitrogen and oxygen atoms in total. The van der Waals surface area contributed by atoms with E-state index in [-0.39, 0.29) is 6.04 Å².